The maximum atomic E-state index is 12.9. The lowest BCUT2D eigenvalue weighted by molar-refractivity contribution is -0.161. The van der Waals surface area contributed by atoms with Crippen molar-refractivity contribution >= 4 is 25.7 Å². The summed E-state index contributed by atoms with van der Waals surface area (Å²) in [7, 11) is -4.77. The summed E-state index contributed by atoms with van der Waals surface area (Å²) in [4.78, 5) is 48.5. The third kappa shape index (κ3) is 53.0. The zero-order chi connectivity index (χ0) is 54.1. The average Bonchev–Trinajstić information content (AvgIpc) is 3.39. The van der Waals surface area contributed by atoms with Gasteiger partial charge < -0.3 is 24.2 Å². The van der Waals surface area contributed by atoms with Gasteiger partial charge in [-0.3, -0.25) is 23.4 Å². The highest BCUT2D eigenvalue weighted by atomic mass is 31.2. The molecule has 422 valence electrons. The zero-order valence-electron chi connectivity index (χ0n) is 46.5. The molecule has 0 aliphatic carbocycles. The molecule has 0 aliphatic heterocycles. The Kier molecular flexibility index (Phi) is 52.5. The number of rotatable bonds is 52. The van der Waals surface area contributed by atoms with Crippen molar-refractivity contribution in [3.63, 3.8) is 0 Å². The lowest BCUT2D eigenvalue weighted by atomic mass is 10.1. The van der Waals surface area contributed by atoms with Crippen LogP contribution in [0.15, 0.2) is 109 Å². The summed E-state index contributed by atoms with van der Waals surface area (Å²) in [6.07, 6.45) is 66.2. The predicted octanol–water partition coefficient (Wildman–Crippen LogP) is 17.0. The van der Waals surface area contributed by atoms with Crippen LogP contribution in [0.3, 0.4) is 0 Å². The Morgan fingerprint density at radius 2 is 0.716 bits per heavy atom. The van der Waals surface area contributed by atoms with Crippen molar-refractivity contribution in [1.29, 1.82) is 0 Å². The lowest BCUT2D eigenvalue weighted by Gasteiger charge is -2.21. The number of esters is 3. The van der Waals surface area contributed by atoms with Crippen LogP contribution in [0.5, 0.6) is 0 Å². The van der Waals surface area contributed by atoms with Crippen molar-refractivity contribution in [2.24, 2.45) is 0 Å². The molecule has 74 heavy (non-hydrogen) atoms. The molecule has 0 heterocycles. The molecule has 11 nitrogen and oxygen atoms in total. The van der Waals surface area contributed by atoms with Gasteiger partial charge in [-0.1, -0.05) is 201 Å². The molecule has 0 fully saturated rings. The van der Waals surface area contributed by atoms with Gasteiger partial charge >= 0.3 is 25.7 Å². The number of hydrogen-bond donors (Lipinski definition) is 2. The molecular weight excluding hydrogens is 952 g/mol. The second-order valence-electron chi connectivity index (χ2n) is 18.7. The van der Waals surface area contributed by atoms with Crippen LogP contribution in [0, 0.1) is 0 Å². The quantitative estimate of drug-likeness (QED) is 0.0197. The first-order valence-electron chi connectivity index (χ1n) is 28.8. The summed E-state index contributed by atoms with van der Waals surface area (Å²) < 4.78 is 39.4. The largest absolute Gasteiger partial charge is 0.472 e. The van der Waals surface area contributed by atoms with Gasteiger partial charge in [0, 0.05) is 19.3 Å². The molecule has 0 aliphatic rings. The number of carbonyl (C=O) groups is 3. The third-order valence-corrected chi connectivity index (χ3v) is 12.6. The monoisotopic (exact) mass is 1050 g/mol. The molecule has 12 heteroatoms. The molecule has 0 amide bonds. The van der Waals surface area contributed by atoms with E-state index < -0.39 is 57.8 Å². The van der Waals surface area contributed by atoms with Gasteiger partial charge in [-0.25, -0.2) is 4.57 Å². The van der Waals surface area contributed by atoms with E-state index in [1.165, 1.54) is 25.7 Å². The molecule has 3 atom stereocenters. The van der Waals surface area contributed by atoms with Crippen LogP contribution in [-0.4, -0.2) is 66.5 Å². The van der Waals surface area contributed by atoms with Crippen LogP contribution in [0.2, 0.25) is 0 Å². The number of phosphoric ester groups is 1. The number of hydrogen-bond acceptors (Lipinski definition) is 10. The minimum absolute atomic E-state index is 0.138. The van der Waals surface area contributed by atoms with Crippen LogP contribution < -0.4 is 0 Å². The van der Waals surface area contributed by atoms with E-state index in [0.29, 0.717) is 25.7 Å². The topological polar surface area (TPSA) is 155 Å². The minimum Gasteiger partial charge on any atom is -0.462 e. The highest BCUT2D eigenvalue weighted by Gasteiger charge is 2.28. The van der Waals surface area contributed by atoms with Gasteiger partial charge in [-0.2, -0.15) is 0 Å². The van der Waals surface area contributed by atoms with Crippen LogP contribution in [0.25, 0.3) is 0 Å². The number of unbranched alkanes of at least 4 members (excludes halogenated alkanes) is 17. The van der Waals surface area contributed by atoms with E-state index in [4.69, 9.17) is 23.3 Å². The van der Waals surface area contributed by atoms with Gasteiger partial charge in [0.25, 0.3) is 0 Å². The first-order chi connectivity index (χ1) is 36.2. The van der Waals surface area contributed by atoms with Gasteiger partial charge in [0.05, 0.1) is 19.8 Å². The number of phosphoric acid groups is 1. The number of carbonyl (C=O) groups excluding carboxylic acids is 3. The Balaban J connectivity index is 4.85. The number of allylic oxidation sites excluding steroid dienone is 18. The Morgan fingerprint density at radius 1 is 0.392 bits per heavy atom. The van der Waals surface area contributed by atoms with E-state index in [2.05, 4.69) is 124 Å². The molecule has 0 rings (SSSR count). The Bertz CT molecular complexity index is 1660. The first-order valence-corrected chi connectivity index (χ1v) is 30.3. The standard InChI is InChI=1S/C62H103O11P/c1-4-7-10-13-16-19-22-25-27-29-31-34-36-39-42-45-48-51-60(64)69-55-59(73-62(66)53-50-47-44-41-38-35-32-30-28-26-23-20-17-14-11-8-5-2)57-71-74(67,68)70-56-58(54-63)72-61(65)52-49-46-43-40-37-33-24-21-18-15-12-9-6-3/h7-8,10-11,16-17,19-21,24-28,31,34,39,42,58-59,63H,4-6,9,12-15,18,22-23,29-30,32-33,35-38,40-41,43-57H2,1-3H3,(H,67,68)/b10-7-,11-8-,19-16-,20-17-,24-21-,27-25-,28-26-,34-31-,42-39-. The minimum atomic E-state index is -4.77. The maximum absolute atomic E-state index is 12.9. The van der Waals surface area contributed by atoms with Crippen LogP contribution >= 0.6 is 7.82 Å². The molecule has 0 bridgehead atoms. The van der Waals surface area contributed by atoms with Crippen LogP contribution in [-0.2, 0) is 42.2 Å². The third-order valence-electron chi connectivity index (χ3n) is 11.7. The molecule has 0 aromatic carbocycles. The number of aliphatic hydroxyl groups excluding tert-OH is 1. The normalized spacial score (nSPS) is 14.2. The van der Waals surface area contributed by atoms with Crippen molar-refractivity contribution in [3.8, 4) is 0 Å². The van der Waals surface area contributed by atoms with Gasteiger partial charge in [-0.15, -0.1) is 0 Å². The van der Waals surface area contributed by atoms with E-state index in [0.717, 1.165) is 135 Å². The first kappa shape index (κ1) is 70.1. The van der Waals surface area contributed by atoms with Gasteiger partial charge in [0.15, 0.2) is 6.10 Å². The highest BCUT2D eigenvalue weighted by Crippen LogP contribution is 2.43. The highest BCUT2D eigenvalue weighted by molar-refractivity contribution is 7.47. The number of aliphatic hydroxyl groups is 1. The van der Waals surface area contributed by atoms with E-state index >= 15 is 0 Å². The van der Waals surface area contributed by atoms with E-state index in [-0.39, 0.29) is 25.9 Å². The van der Waals surface area contributed by atoms with Gasteiger partial charge in [0.2, 0.25) is 0 Å². The summed E-state index contributed by atoms with van der Waals surface area (Å²) in [6, 6.07) is 0. The molecule has 2 N–H and O–H groups in total. The Morgan fingerprint density at radius 3 is 1.14 bits per heavy atom. The Labute approximate surface area is 450 Å². The van der Waals surface area contributed by atoms with Crippen LogP contribution in [0.1, 0.15) is 226 Å². The van der Waals surface area contributed by atoms with Crippen molar-refractivity contribution in [3.05, 3.63) is 109 Å². The second kappa shape index (κ2) is 55.4. The van der Waals surface area contributed by atoms with Crippen molar-refractivity contribution in [2.45, 2.75) is 238 Å². The fourth-order valence-electron chi connectivity index (χ4n) is 7.34. The molecule has 0 radical (unpaired) electrons. The lowest BCUT2D eigenvalue weighted by Crippen LogP contribution is -2.30. The molecule has 3 unspecified atom stereocenters. The van der Waals surface area contributed by atoms with Crippen molar-refractivity contribution in [1.82, 2.24) is 0 Å². The molecule has 0 aromatic rings. The zero-order valence-corrected chi connectivity index (χ0v) is 47.4. The van der Waals surface area contributed by atoms with E-state index in [1.807, 2.05) is 6.08 Å². The average molecular weight is 1060 g/mol. The summed E-state index contributed by atoms with van der Waals surface area (Å²) in [6.45, 7) is 4.31. The molecule has 0 spiro atoms. The summed E-state index contributed by atoms with van der Waals surface area (Å²) >= 11 is 0. The molecular formula is C62H103O11P. The molecule has 0 saturated heterocycles. The fourth-order valence-corrected chi connectivity index (χ4v) is 8.12. The van der Waals surface area contributed by atoms with E-state index in [9.17, 15) is 28.9 Å². The predicted molar refractivity (Wildman–Crippen MR) is 307 cm³/mol. The maximum Gasteiger partial charge on any atom is 0.472 e. The van der Waals surface area contributed by atoms with Crippen molar-refractivity contribution < 1.29 is 52.2 Å². The summed E-state index contributed by atoms with van der Waals surface area (Å²) in [5, 5.41) is 9.81. The molecule has 0 saturated carbocycles. The van der Waals surface area contributed by atoms with Gasteiger partial charge in [0.1, 0.15) is 12.7 Å². The summed E-state index contributed by atoms with van der Waals surface area (Å²) in [5.41, 5.74) is 0. The van der Waals surface area contributed by atoms with Gasteiger partial charge in [-0.05, 0) is 116 Å². The second-order valence-corrected chi connectivity index (χ2v) is 20.1. The van der Waals surface area contributed by atoms with E-state index in [1.54, 1.807) is 0 Å². The molecule has 0 aromatic heterocycles. The smallest absolute Gasteiger partial charge is 0.462 e. The van der Waals surface area contributed by atoms with Crippen molar-refractivity contribution in [2.75, 3.05) is 26.4 Å². The fraction of sp³-hybridized carbons (Fsp3) is 0.661. The SMILES string of the molecule is CC/C=C\C/C=C\C/C=C\C/C=C\C/C=C\CCCC(=O)OCC(COP(=O)(O)OCC(CO)OC(=O)CCCCCCC/C=C\CCCCCC)OC(=O)CCCCCCCCC/C=C\C/C=C\C/C=C\CC. The Hall–Kier alpha value is -3.86. The number of ether oxygens (including phenoxy) is 3. The van der Waals surface area contributed by atoms with Crippen LogP contribution in [0.4, 0.5) is 0 Å². The summed E-state index contributed by atoms with van der Waals surface area (Å²) in [5.74, 6) is -1.56.